The number of nitrogens with one attached hydrogen (secondary N) is 2. The van der Waals surface area contributed by atoms with E-state index < -0.39 is 10.0 Å². The van der Waals surface area contributed by atoms with E-state index in [-0.39, 0.29) is 16.8 Å². The van der Waals surface area contributed by atoms with Crippen LogP contribution in [0.25, 0.3) is 10.8 Å². The number of hydrogen-bond acceptors (Lipinski definition) is 4. The molecular weight excluding hydrogens is 362 g/mol. The molecule has 0 fully saturated rings. The second-order valence-electron chi connectivity index (χ2n) is 6.26. The fourth-order valence-corrected chi connectivity index (χ4v) is 4.31. The Bertz CT molecular complexity index is 1030. The van der Waals surface area contributed by atoms with Crippen molar-refractivity contribution in [2.24, 2.45) is 0 Å². The molecule has 0 aliphatic carbocycles. The van der Waals surface area contributed by atoms with E-state index in [1.807, 2.05) is 24.3 Å². The fraction of sp³-hybridized carbons (Fsp3) is 0.200. The summed E-state index contributed by atoms with van der Waals surface area (Å²) >= 11 is 0. The lowest BCUT2D eigenvalue weighted by Crippen LogP contribution is -2.36. The van der Waals surface area contributed by atoms with Crippen molar-refractivity contribution in [2.45, 2.75) is 24.3 Å². The number of fused-ring (bicyclic) bond motifs is 1. The van der Waals surface area contributed by atoms with Gasteiger partial charge in [-0.25, -0.2) is 13.1 Å². The molecule has 1 aromatic heterocycles. The number of benzene rings is 2. The number of carbonyl (C=O) groups is 1. The lowest BCUT2D eigenvalue weighted by molar-refractivity contribution is 0.0947. The summed E-state index contributed by atoms with van der Waals surface area (Å²) in [6.07, 6.45) is 2.01. The first-order valence-electron chi connectivity index (χ1n) is 8.67. The highest BCUT2D eigenvalue weighted by Crippen LogP contribution is 2.22. The van der Waals surface area contributed by atoms with Crippen molar-refractivity contribution in [3.8, 4) is 0 Å². The van der Waals surface area contributed by atoms with Crippen LogP contribution in [0.1, 0.15) is 23.8 Å². The molecule has 27 heavy (non-hydrogen) atoms. The predicted octanol–water partition coefficient (Wildman–Crippen LogP) is 2.72. The molecule has 1 atom stereocenters. The van der Waals surface area contributed by atoms with Crippen molar-refractivity contribution in [2.75, 3.05) is 6.54 Å². The summed E-state index contributed by atoms with van der Waals surface area (Å²) in [7, 11) is -3.66. The summed E-state index contributed by atoms with van der Waals surface area (Å²) in [5.41, 5.74) is 0.335. The van der Waals surface area contributed by atoms with Gasteiger partial charge in [0.15, 0.2) is 0 Å². The first kappa shape index (κ1) is 19.0. The van der Waals surface area contributed by atoms with Crippen molar-refractivity contribution >= 4 is 26.7 Å². The molecule has 6 nitrogen and oxygen atoms in total. The van der Waals surface area contributed by atoms with Crippen molar-refractivity contribution in [3.63, 3.8) is 0 Å². The van der Waals surface area contributed by atoms with Crippen LogP contribution in [0.3, 0.4) is 0 Å². The second-order valence-corrected chi connectivity index (χ2v) is 7.94. The van der Waals surface area contributed by atoms with Gasteiger partial charge in [0.25, 0.3) is 5.91 Å². The third-order valence-electron chi connectivity index (χ3n) is 4.16. The molecule has 3 rings (SSSR count). The van der Waals surface area contributed by atoms with E-state index in [1.54, 1.807) is 49.5 Å². The number of sulfonamides is 1. The quantitative estimate of drug-likeness (QED) is 0.657. The molecule has 3 aromatic rings. The van der Waals surface area contributed by atoms with Crippen molar-refractivity contribution in [1.82, 2.24) is 15.0 Å². The van der Waals surface area contributed by atoms with Crippen LogP contribution < -0.4 is 10.0 Å². The van der Waals surface area contributed by atoms with Gasteiger partial charge in [-0.2, -0.15) is 0 Å². The van der Waals surface area contributed by atoms with Crippen LogP contribution >= 0.6 is 0 Å². The van der Waals surface area contributed by atoms with Crippen LogP contribution in [0, 0.1) is 0 Å². The van der Waals surface area contributed by atoms with E-state index in [4.69, 9.17) is 0 Å². The molecule has 2 N–H and O–H groups in total. The highest BCUT2D eigenvalue weighted by Gasteiger charge is 2.19. The molecular formula is C20H21N3O3S. The van der Waals surface area contributed by atoms with Crippen molar-refractivity contribution < 1.29 is 13.2 Å². The predicted molar refractivity (Wildman–Crippen MR) is 105 cm³/mol. The Labute approximate surface area is 158 Å². The highest BCUT2D eigenvalue weighted by molar-refractivity contribution is 7.89. The Morgan fingerprint density at radius 1 is 1.04 bits per heavy atom. The maximum Gasteiger partial charge on any atom is 0.269 e. The highest BCUT2D eigenvalue weighted by atomic mass is 32.2. The molecule has 0 saturated heterocycles. The molecule has 7 heteroatoms. The molecule has 2 aromatic carbocycles. The monoisotopic (exact) mass is 383 g/mol. The van der Waals surface area contributed by atoms with E-state index in [0.717, 1.165) is 5.39 Å². The number of hydrogen-bond donors (Lipinski definition) is 2. The Balaban J connectivity index is 1.61. The van der Waals surface area contributed by atoms with E-state index in [2.05, 4.69) is 15.0 Å². The van der Waals surface area contributed by atoms with Gasteiger partial charge < -0.3 is 5.32 Å². The summed E-state index contributed by atoms with van der Waals surface area (Å²) in [4.78, 5) is 16.2. The van der Waals surface area contributed by atoms with Gasteiger partial charge in [0, 0.05) is 24.2 Å². The molecule has 0 aliphatic rings. The summed E-state index contributed by atoms with van der Waals surface area (Å²) in [5.74, 6) is -0.278. The summed E-state index contributed by atoms with van der Waals surface area (Å²) < 4.78 is 28.2. The van der Waals surface area contributed by atoms with Gasteiger partial charge in [0.05, 0.1) is 4.90 Å². The SMILES string of the molecule is CC(CCNC(=O)c1ccccn1)NS(=O)(=O)c1cccc2ccccc12. The van der Waals surface area contributed by atoms with Gasteiger partial charge in [-0.3, -0.25) is 9.78 Å². The standard InChI is InChI=1S/C20H21N3O3S/c1-15(12-14-22-20(24)18-10-4-5-13-21-18)23-27(25,26)19-11-6-8-16-7-2-3-9-17(16)19/h2-11,13,15,23H,12,14H2,1H3,(H,22,24). The fourth-order valence-electron chi connectivity index (χ4n) is 2.81. The van der Waals surface area contributed by atoms with Gasteiger partial charge in [-0.15, -0.1) is 0 Å². The number of nitrogens with zero attached hydrogens (tertiary/aromatic N) is 1. The summed E-state index contributed by atoms with van der Waals surface area (Å²) in [6.45, 7) is 2.12. The number of amides is 1. The Kier molecular flexibility index (Phi) is 5.83. The average molecular weight is 383 g/mol. The summed E-state index contributed by atoms with van der Waals surface area (Å²) in [6, 6.07) is 17.3. The lowest BCUT2D eigenvalue weighted by Gasteiger charge is -2.16. The molecule has 0 saturated carbocycles. The Hall–Kier alpha value is -2.77. The van der Waals surface area contributed by atoms with Gasteiger partial charge >= 0.3 is 0 Å². The Morgan fingerprint density at radius 2 is 1.78 bits per heavy atom. The molecule has 0 radical (unpaired) electrons. The normalized spacial score (nSPS) is 12.6. The minimum Gasteiger partial charge on any atom is -0.351 e. The van der Waals surface area contributed by atoms with Gasteiger partial charge in [0.1, 0.15) is 5.69 Å². The molecule has 0 aliphatic heterocycles. The number of pyridine rings is 1. The third-order valence-corrected chi connectivity index (χ3v) is 5.80. The minimum atomic E-state index is -3.66. The smallest absolute Gasteiger partial charge is 0.269 e. The summed E-state index contributed by atoms with van der Waals surface area (Å²) in [5, 5.41) is 4.30. The van der Waals surface area contributed by atoms with E-state index in [9.17, 15) is 13.2 Å². The zero-order chi connectivity index (χ0) is 19.3. The van der Waals surface area contributed by atoms with E-state index >= 15 is 0 Å². The van der Waals surface area contributed by atoms with Crippen LogP contribution in [0.4, 0.5) is 0 Å². The van der Waals surface area contributed by atoms with E-state index in [0.29, 0.717) is 24.0 Å². The maximum atomic E-state index is 12.8. The third kappa shape index (κ3) is 4.69. The van der Waals surface area contributed by atoms with Crippen LogP contribution in [0.15, 0.2) is 71.8 Å². The van der Waals surface area contributed by atoms with Crippen LogP contribution in [0.5, 0.6) is 0 Å². The molecule has 1 heterocycles. The number of aromatic nitrogens is 1. The molecule has 0 bridgehead atoms. The zero-order valence-corrected chi connectivity index (χ0v) is 15.7. The topological polar surface area (TPSA) is 88.2 Å². The number of carbonyl (C=O) groups excluding carboxylic acids is 1. The van der Waals surface area contributed by atoms with Crippen molar-refractivity contribution in [1.29, 1.82) is 0 Å². The zero-order valence-electron chi connectivity index (χ0n) is 14.9. The van der Waals surface area contributed by atoms with Crippen LogP contribution in [-0.4, -0.2) is 31.9 Å². The van der Waals surface area contributed by atoms with Gasteiger partial charge in [0.2, 0.25) is 10.0 Å². The Morgan fingerprint density at radius 3 is 2.56 bits per heavy atom. The molecule has 1 amide bonds. The lowest BCUT2D eigenvalue weighted by atomic mass is 10.1. The molecule has 0 spiro atoms. The van der Waals surface area contributed by atoms with E-state index in [1.165, 1.54) is 0 Å². The first-order chi connectivity index (χ1) is 13.0. The van der Waals surface area contributed by atoms with Crippen molar-refractivity contribution in [3.05, 3.63) is 72.6 Å². The molecule has 1 unspecified atom stereocenters. The maximum absolute atomic E-state index is 12.8. The largest absolute Gasteiger partial charge is 0.351 e. The first-order valence-corrected chi connectivity index (χ1v) is 10.1. The minimum absolute atomic E-state index is 0.255. The molecule has 140 valence electrons. The number of rotatable bonds is 7. The van der Waals surface area contributed by atoms with Gasteiger partial charge in [-0.1, -0.05) is 42.5 Å². The van der Waals surface area contributed by atoms with Crippen LogP contribution in [-0.2, 0) is 10.0 Å². The average Bonchev–Trinajstić information content (AvgIpc) is 2.67. The van der Waals surface area contributed by atoms with Crippen LogP contribution in [0.2, 0.25) is 0 Å². The second kappa shape index (κ2) is 8.28. The van der Waals surface area contributed by atoms with Gasteiger partial charge in [-0.05, 0) is 36.9 Å².